The summed E-state index contributed by atoms with van der Waals surface area (Å²) in [5, 5.41) is 0. The summed E-state index contributed by atoms with van der Waals surface area (Å²) in [6.45, 7) is 2.29. The molecule has 0 radical (unpaired) electrons. The summed E-state index contributed by atoms with van der Waals surface area (Å²) < 4.78 is 29.5. The highest BCUT2D eigenvalue weighted by atomic mass is 32.2. The van der Waals surface area contributed by atoms with Crippen LogP contribution in [-0.4, -0.2) is 26.8 Å². The number of nitrogens with two attached hydrogens (primary N) is 1. The van der Waals surface area contributed by atoms with Crippen LogP contribution < -0.4 is 10.5 Å². The van der Waals surface area contributed by atoms with Gasteiger partial charge in [0, 0.05) is 5.92 Å². The maximum absolute atomic E-state index is 11.7. The monoisotopic (exact) mass is 297 g/mol. The Hall–Kier alpha value is -1.07. The molecule has 2 rings (SSSR count). The van der Waals surface area contributed by atoms with Gasteiger partial charge in [-0.3, -0.25) is 0 Å². The van der Waals surface area contributed by atoms with Gasteiger partial charge in [-0.15, -0.1) is 0 Å². The summed E-state index contributed by atoms with van der Waals surface area (Å²) in [6.07, 6.45) is 4.68. The minimum Gasteiger partial charge on any atom is -0.490 e. The first kappa shape index (κ1) is 15.3. The van der Waals surface area contributed by atoms with Crippen molar-refractivity contribution in [1.82, 2.24) is 0 Å². The Balaban J connectivity index is 2.07. The van der Waals surface area contributed by atoms with E-state index in [1.807, 2.05) is 0 Å². The third kappa shape index (κ3) is 3.52. The predicted octanol–water partition coefficient (Wildman–Crippen LogP) is 2.38. The molecule has 0 amide bonds. The van der Waals surface area contributed by atoms with Gasteiger partial charge in [-0.05, 0) is 50.1 Å². The van der Waals surface area contributed by atoms with Crippen LogP contribution in [0.2, 0.25) is 0 Å². The summed E-state index contributed by atoms with van der Waals surface area (Å²) >= 11 is 0. The fourth-order valence-corrected chi connectivity index (χ4v) is 3.55. The molecule has 0 aliphatic heterocycles. The topological polar surface area (TPSA) is 69.4 Å². The first-order valence-corrected chi connectivity index (χ1v) is 8.91. The van der Waals surface area contributed by atoms with Crippen molar-refractivity contribution in [3.8, 4) is 5.75 Å². The van der Waals surface area contributed by atoms with Crippen LogP contribution in [0.5, 0.6) is 5.75 Å². The van der Waals surface area contributed by atoms with Gasteiger partial charge in [0.1, 0.15) is 11.9 Å². The molecule has 2 N–H and O–H groups in total. The molecule has 2 atom stereocenters. The van der Waals surface area contributed by atoms with E-state index in [0.717, 1.165) is 18.6 Å². The van der Waals surface area contributed by atoms with Gasteiger partial charge in [0.25, 0.3) is 0 Å². The van der Waals surface area contributed by atoms with Gasteiger partial charge in [0.15, 0.2) is 9.84 Å². The molecule has 0 spiro atoms. The number of rotatable bonds is 5. The fraction of sp³-hybridized carbons (Fsp3) is 0.600. The lowest BCUT2D eigenvalue weighted by Gasteiger charge is -2.31. The van der Waals surface area contributed by atoms with Crippen LogP contribution in [0.25, 0.3) is 0 Å². The van der Waals surface area contributed by atoms with Crippen LogP contribution in [0, 0.1) is 5.92 Å². The van der Waals surface area contributed by atoms with Gasteiger partial charge in [-0.25, -0.2) is 8.42 Å². The Bertz CT molecular complexity index is 525. The maximum Gasteiger partial charge on any atom is 0.178 e. The van der Waals surface area contributed by atoms with E-state index in [1.54, 1.807) is 31.2 Å². The molecule has 0 aromatic heterocycles. The maximum atomic E-state index is 11.7. The molecular formula is C15H23NO3S. The average molecular weight is 297 g/mol. The molecule has 4 nitrogen and oxygen atoms in total. The molecule has 1 aliphatic rings. The molecule has 1 saturated carbocycles. The van der Waals surface area contributed by atoms with Crippen molar-refractivity contribution in [3.63, 3.8) is 0 Å². The zero-order chi connectivity index (χ0) is 14.6. The highest BCUT2D eigenvalue weighted by Gasteiger charge is 2.25. The third-order valence-corrected chi connectivity index (χ3v) is 5.74. The summed E-state index contributed by atoms with van der Waals surface area (Å²) in [5.41, 5.74) is 5.79. The first-order chi connectivity index (χ1) is 9.56. The van der Waals surface area contributed by atoms with Crippen molar-refractivity contribution in [2.24, 2.45) is 11.7 Å². The molecule has 5 heteroatoms. The minimum atomic E-state index is -3.14. The van der Waals surface area contributed by atoms with Gasteiger partial charge in [-0.1, -0.05) is 13.3 Å². The standard InChI is InChI=1S/C15H23NO3S/c1-2-20(17,18)14-9-7-13(8-10-14)19-15-6-4-3-5-12(15)11-16/h7-10,12,15H,2-6,11,16H2,1H3. The molecule has 1 aliphatic carbocycles. The molecule has 1 fully saturated rings. The highest BCUT2D eigenvalue weighted by Crippen LogP contribution is 2.28. The Morgan fingerprint density at radius 1 is 1.20 bits per heavy atom. The first-order valence-electron chi connectivity index (χ1n) is 7.26. The molecule has 0 bridgehead atoms. The highest BCUT2D eigenvalue weighted by molar-refractivity contribution is 7.91. The van der Waals surface area contributed by atoms with Crippen molar-refractivity contribution < 1.29 is 13.2 Å². The van der Waals surface area contributed by atoms with E-state index in [9.17, 15) is 8.42 Å². The van der Waals surface area contributed by atoms with E-state index < -0.39 is 9.84 Å². The number of hydrogen-bond acceptors (Lipinski definition) is 4. The Kier molecular flexibility index (Phi) is 5.05. The van der Waals surface area contributed by atoms with Crippen molar-refractivity contribution in [2.75, 3.05) is 12.3 Å². The van der Waals surface area contributed by atoms with Gasteiger partial charge in [0.05, 0.1) is 10.6 Å². The zero-order valence-electron chi connectivity index (χ0n) is 11.9. The van der Waals surface area contributed by atoms with Crippen LogP contribution in [0.4, 0.5) is 0 Å². The number of ether oxygens (including phenoxy) is 1. The van der Waals surface area contributed by atoms with Crippen LogP contribution in [0.3, 0.4) is 0 Å². The summed E-state index contributed by atoms with van der Waals surface area (Å²) in [5.74, 6) is 1.25. The van der Waals surface area contributed by atoms with Crippen molar-refractivity contribution >= 4 is 9.84 Å². The fourth-order valence-electron chi connectivity index (χ4n) is 2.67. The smallest absolute Gasteiger partial charge is 0.178 e. The largest absolute Gasteiger partial charge is 0.490 e. The van der Waals surface area contributed by atoms with Crippen LogP contribution >= 0.6 is 0 Å². The lowest BCUT2D eigenvalue weighted by molar-refractivity contribution is 0.0969. The molecule has 1 aromatic rings. The molecule has 112 valence electrons. The lowest BCUT2D eigenvalue weighted by Crippen LogP contribution is -2.35. The second-order valence-electron chi connectivity index (χ2n) is 5.31. The summed E-state index contributed by atoms with van der Waals surface area (Å²) in [6, 6.07) is 6.72. The van der Waals surface area contributed by atoms with Crippen molar-refractivity contribution in [2.45, 2.75) is 43.6 Å². The van der Waals surface area contributed by atoms with Crippen molar-refractivity contribution in [3.05, 3.63) is 24.3 Å². The Labute approximate surface area is 121 Å². The molecular weight excluding hydrogens is 274 g/mol. The molecule has 1 aromatic carbocycles. The van der Waals surface area contributed by atoms with Crippen molar-refractivity contribution in [1.29, 1.82) is 0 Å². The van der Waals surface area contributed by atoms with E-state index in [0.29, 0.717) is 17.4 Å². The second kappa shape index (κ2) is 6.59. The Morgan fingerprint density at radius 3 is 2.45 bits per heavy atom. The summed E-state index contributed by atoms with van der Waals surface area (Å²) in [4.78, 5) is 0.353. The summed E-state index contributed by atoms with van der Waals surface area (Å²) in [7, 11) is -3.14. The van der Waals surface area contributed by atoms with E-state index in [2.05, 4.69) is 0 Å². The van der Waals surface area contributed by atoms with E-state index in [4.69, 9.17) is 10.5 Å². The molecule has 0 heterocycles. The normalized spacial score (nSPS) is 23.5. The second-order valence-corrected chi connectivity index (χ2v) is 7.59. The van der Waals surface area contributed by atoms with Gasteiger partial charge in [0.2, 0.25) is 0 Å². The number of benzene rings is 1. The SMILES string of the molecule is CCS(=O)(=O)c1ccc(OC2CCCCC2CN)cc1. The minimum absolute atomic E-state index is 0.116. The molecule has 2 unspecified atom stereocenters. The van der Waals surface area contributed by atoms with Gasteiger partial charge >= 0.3 is 0 Å². The molecule has 0 saturated heterocycles. The number of sulfone groups is 1. The Morgan fingerprint density at radius 2 is 1.85 bits per heavy atom. The van der Waals surface area contributed by atoms with Crippen LogP contribution in [0.1, 0.15) is 32.6 Å². The van der Waals surface area contributed by atoms with Gasteiger partial charge < -0.3 is 10.5 Å². The predicted molar refractivity (Wildman–Crippen MR) is 79.6 cm³/mol. The van der Waals surface area contributed by atoms with Crippen LogP contribution in [-0.2, 0) is 9.84 Å². The van der Waals surface area contributed by atoms with Crippen LogP contribution in [0.15, 0.2) is 29.2 Å². The number of hydrogen-bond donors (Lipinski definition) is 1. The quantitative estimate of drug-likeness (QED) is 0.906. The van der Waals surface area contributed by atoms with E-state index >= 15 is 0 Å². The molecule has 20 heavy (non-hydrogen) atoms. The lowest BCUT2D eigenvalue weighted by atomic mass is 9.86. The average Bonchev–Trinajstić information content (AvgIpc) is 2.48. The van der Waals surface area contributed by atoms with E-state index in [1.165, 1.54) is 12.8 Å². The van der Waals surface area contributed by atoms with Gasteiger partial charge in [-0.2, -0.15) is 0 Å². The third-order valence-electron chi connectivity index (χ3n) is 3.99. The zero-order valence-corrected chi connectivity index (χ0v) is 12.7. The van der Waals surface area contributed by atoms with E-state index in [-0.39, 0.29) is 11.9 Å².